The molecule has 0 heterocycles. The number of rotatable bonds is 0. The van der Waals surface area contributed by atoms with Gasteiger partial charge in [0.1, 0.15) is 0 Å². The van der Waals surface area contributed by atoms with Crippen LogP contribution in [0.5, 0.6) is 0 Å². The van der Waals surface area contributed by atoms with Crippen molar-refractivity contribution in [1.82, 2.24) is 0 Å². The minimum atomic E-state index is 1.04. The minimum Gasteiger partial charge on any atom is -0.0985 e. The smallest absolute Gasteiger partial charge is 0.00922 e. The lowest BCUT2D eigenvalue weighted by molar-refractivity contribution is 0.563. The minimum absolute atomic E-state index is 1.04. The van der Waals surface area contributed by atoms with Crippen molar-refractivity contribution in [3.8, 4) is 23.7 Å². The first-order valence-electron chi connectivity index (χ1n) is 7.12. The Morgan fingerprint density at radius 2 is 0.824 bits per heavy atom. The van der Waals surface area contributed by atoms with Crippen LogP contribution >= 0.6 is 0 Å². The summed E-state index contributed by atoms with van der Waals surface area (Å²) in [6, 6.07) is 0. The Bertz CT molecular complexity index is 281. The van der Waals surface area contributed by atoms with Gasteiger partial charge in [0.15, 0.2) is 0 Å². The van der Waals surface area contributed by atoms with E-state index in [2.05, 4.69) is 23.7 Å². The van der Waals surface area contributed by atoms with Crippen LogP contribution in [0.3, 0.4) is 0 Å². The molecule has 0 radical (unpaired) electrons. The molecule has 92 valence electrons. The van der Waals surface area contributed by atoms with Gasteiger partial charge in [0, 0.05) is 12.8 Å². The Hall–Kier alpha value is -1.14. The van der Waals surface area contributed by atoms with Gasteiger partial charge in [0.2, 0.25) is 0 Å². The van der Waals surface area contributed by atoms with Crippen molar-refractivity contribution < 1.29 is 0 Å². The fraction of sp³-hybridized carbons (Fsp3) is 0.647. The third kappa shape index (κ3) is 9.77. The Morgan fingerprint density at radius 3 is 1.24 bits per heavy atom. The van der Waals surface area contributed by atoms with Gasteiger partial charge in [-0.2, -0.15) is 0 Å². The monoisotopic (exact) mass is 228 g/mol. The van der Waals surface area contributed by atoms with E-state index >= 15 is 0 Å². The Balaban J connectivity index is 2.27. The van der Waals surface area contributed by atoms with Crippen LogP contribution in [-0.4, -0.2) is 0 Å². The molecule has 0 unspecified atom stereocenters. The van der Waals surface area contributed by atoms with Crippen LogP contribution in [0, 0.1) is 23.7 Å². The Kier molecular flexibility index (Phi) is 9.29. The van der Waals surface area contributed by atoms with Gasteiger partial charge in [-0.05, 0) is 25.0 Å². The Morgan fingerprint density at radius 1 is 0.471 bits per heavy atom. The first kappa shape index (κ1) is 13.9. The molecule has 0 saturated heterocycles. The largest absolute Gasteiger partial charge is 0.0985 e. The predicted molar refractivity (Wildman–Crippen MR) is 75.5 cm³/mol. The zero-order valence-electron chi connectivity index (χ0n) is 10.9. The first-order chi connectivity index (χ1) is 8.50. The zero-order valence-corrected chi connectivity index (χ0v) is 10.9. The lowest BCUT2D eigenvalue weighted by atomic mass is 10.1. The van der Waals surface area contributed by atoms with Crippen molar-refractivity contribution in [2.24, 2.45) is 0 Å². The van der Waals surface area contributed by atoms with E-state index < -0.39 is 0 Å². The molecule has 0 amide bonds. The van der Waals surface area contributed by atoms with E-state index in [-0.39, 0.29) is 0 Å². The summed E-state index contributed by atoms with van der Waals surface area (Å²) < 4.78 is 0. The molecular formula is C17H24. The maximum Gasteiger partial charge on any atom is 0.00922 e. The highest BCUT2D eigenvalue weighted by molar-refractivity contribution is 5.24. The van der Waals surface area contributed by atoms with Gasteiger partial charge in [-0.15, -0.1) is 0 Å². The summed E-state index contributed by atoms with van der Waals surface area (Å²) in [7, 11) is 0. The molecule has 1 rings (SSSR count). The van der Waals surface area contributed by atoms with E-state index in [1.807, 2.05) is 12.2 Å². The molecule has 0 spiro atoms. The van der Waals surface area contributed by atoms with Gasteiger partial charge < -0.3 is 0 Å². The summed E-state index contributed by atoms with van der Waals surface area (Å²) in [5.41, 5.74) is 0. The average Bonchev–Trinajstić information content (AvgIpc) is 2.35. The summed E-state index contributed by atoms with van der Waals surface area (Å²) in [4.78, 5) is 0. The summed E-state index contributed by atoms with van der Waals surface area (Å²) in [5.74, 6) is 12.4. The third-order valence-electron chi connectivity index (χ3n) is 3.06. The topological polar surface area (TPSA) is 0 Å². The highest BCUT2D eigenvalue weighted by Crippen LogP contribution is 2.11. The highest BCUT2D eigenvalue weighted by Gasteiger charge is 1.92. The van der Waals surface area contributed by atoms with Crippen molar-refractivity contribution in [3.05, 3.63) is 12.2 Å². The number of hydrogen-bond acceptors (Lipinski definition) is 0. The molecule has 0 nitrogen and oxygen atoms in total. The van der Waals surface area contributed by atoms with Gasteiger partial charge in [-0.25, -0.2) is 0 Å². The second kappa shape index (κ2) is 11.3. The molecule has 0 heteroatoms. The van der Waals surface area contributed by atoms with Crippen LogP contribution in [0.15, 0.2) is 12.2 Å². The molecule has 0 atom stereocenters. The third-order valence-corrected chi connectivity index (χ3v) is 3.06. The fourth-order valence-electron chi connectivity index (χ4n) is 2.01. The lowest BCUT2D eigenvalue weighted by Gasteiger charge is -2.00. The van der Waals surface area contributed by atoms with Crippen LogP contribution in [0.25, 0.3) is 0 Å². The van der Waals surface area contributed by atoms with Gasteiger partial charge >= 0.3 is 0 Å². The van der Waals surface area contributed by atoms with E-state index in [9.17, 15) is 0 Å². The molecule has 0 bridgehead atoms. The molecule has 0 aromatic rings. The SMILES string of the molecule is C1#CCCCCCCCCCCCC#C/C=C\1. The molecule has 0 aromatic heterocycles. The van der Waals surface area contributed by atoms with Crippen LogP contribution in [0.1, 0.15) is 70.6 Å². The zero-order chi connectivity index (χ0) is 12.0. The van der Waals surface area contributed by atoms with Gasteiger partial charge in [-0.1, -0.05) is 68.6 Å². The van der Waals surface area contributed by atoms with Crippen molar-refractivity contribution in [2.75, 3.05) is 0 Å². The van der Waals surface area contributed by atoms with Gasteiger partial charge in [0.05, 0.1) is 0 Å². The van der Waals surface area contributed by atoms with Gasteiger partial charge in [0.25, 0.3) is 0 Å². The van der Waals surface area contributed by atoms with Crippen LogP contribution in [0.4, 0.5) is 0 Å². The number of hydrogen-bond donors (Lipinski definition) is 0. The normalized spacial score (nSPS) is 21.2. The van der Waals surface area contributed by atoms with Crippen LogP contribution in [0.2, 0.25) is 0 Å². The number of allylic oxidation sites excluding steroid dienone is 2. The molecular weight excluding hydrogens is 204 g/mol. The standard InChI is InChI=1S/C17H24/c1-2-4-6-8-10-12-14-16-17-15-13-11-9-7-5-3-1/h1-2H,7-17H2/b2-1-. The van der Waals surface area contributed by atoms with Crippen molar-refractivity contribution in [3.63, 3.8) is 0 Å². The molecule has 1 aliphatic rings. The highest BCUT2D eigenvalue weighted by atomic mass is 14.0. The lowest BCUT2D eigenvalue weighted by Crippen LogP contribution is -1.81. The maximum atomic E-state index is 3.17. The van der Waals surface area contributed by atoms with Crippen molar-refractivity contribution in [1.29, 1.82) is 0 Å². The fourth-order valence-corrected chi connectivity index (χ4v) is 2.01. The summed E-state index contributed by atoms with van der Waals surface area (Å²) >= 11 is 0. The van der Waals surface area contributed by atoms with E-state index in [1.165, 1.54) is 57.8 Å². The van der Waals surface area contributed by atoms with Gasteiger partial charge in [-0.3, -0.25) is 0 Å². The summed E-state index contributed by atoms with van der Waals surface area (Å²) in [5, 5.41) is 0. The first-order valence-corrected chi connectivity index (χ1v) is 7.12. The molecule has 0 fully saturated rings. The molecule has 0 aromatic carbocycles. The molecule has 17 heavy (non-hydrogen) atoms. The second-order valence-electron chi connectivity index (χ2n) is 4.66. The maximum absolute atomic E-state index is 3.17. The van der Waals surface area contributed by atoms with E-state index in [0.29, 0.717) is 0 Å². The summed E-state index contributed by atoms with van der Waals surface area (Å²) in [6.45, 7) is 0. The molecule has 0 N–H and O–H groups in total. The quantitative estimate of drug-likeness (QED) is 0.520. The summed E-state index contributed by atoms with van der Waals surface area (Å²) in [6.07, 6.45) is 18.1. The van der Waals surface area contributed by atoms with Crippen molar-refractivity contribution >= 4 is 0 Å². The predicted octanol–water partition coefficient (Wildman–Crippen LogP) is 4.85. The second-order valence-corrected chi connectivity index (χ2v) is 4.66. The van der Waals surface area contributed by atoms with E-state index in [0.717, 1.165) is 12.8 Å². The molecule has 0 aliphatic heterocycles. The molecule has 0 saturated carbocycles. The average molecular weight is 228 g/mol. The van der Waals surface area contributed by atoms with E-state index in [4.69, 9.17) is 0 Å². The van der Waals surface area contributed by atoms with Crippen LogP contribution in [-0.2, 0) is 0 Å². The Labute approximate surface area is 107 Å². The van der Waals surface area contributed by atoms with Crippen molar-refractivity contribution in [2.45, 2.75) is 70.6 Å². The molecule has 1 aliphatic carbocycles. The van der Waals surface area contributed by atoms with Crippen LogP contribution < -0.4 is 0 Å². The van der Waals surface area contributed by atoms with E-state index in [1.54, 1.807) is 0 Å².